The minimum atomic E-state index is 0.0386. The first kappa shape index (κ1) is 15.1. The van der Waals surface area contributed by atoms with Gasteiger partial charge in [0.25, 0.3) is 5.56 Å². The summed E-state index contributed by atoms with van der Waals surface area (Å²) >= 11 is 0. The van der Waals surface area contributed by atoms with Crippen LogP contribution in [0.3, 0.4) is 0 Å². The largest absolute Gasteiger partial charge is 0.294 e. The predicted molar refractivity (Wildman–Crippen MR) is 92.6 cm³/mol. The van der Waals surface area contributed by atoms with Crippen LogP contribution in [-0.4, -0.2) is 30.8 Å². The van der Waals surface area contributed by atoms with Gasteiger partial charge in [0.15, 0.2) is 5.65 Å². The lowest BCUT2D eigenvalue weighted by atomic mass is 10.2. The topological polar surface area (TPSA) is 56.0 Å². The highest BCUT2D eigenvalue weighted by Gasteiger charge is 2.21. The molecular weight excluding hydrogens is 302 g/mol. The van der Waals surface area contributed by atoms with Crippen molar-refractivity contribution in [2.45, 2.75) is 39.5 Å². The lowest BCUT2D eigenvalue weighted by molar-refractivity contribution is 0.204. The van der Waals surface area contributed by atoms with Crippen molar-refractivity contribution in [2.75, 3.05) is 6.54 Å². The Morgan fingerprint density at radius 2 is 2.00 bits per heavy atom. The normalized spacial score (nSPS) is 14.9. The second kappa shape index (κ2) is 6.20. The maximum absolute atomic E-state index is 12.7. The van der Waals surface area contributed by atoms with Gasteiger partial charge < -0.3 is 0 Å². The maximum atomic E-state index is 12.7. The summed E-state index contributed by atoms with van der Waals surface area (Å²) < 4.78 is 3.65. The van der Waals surface area contributed by atoms with Gasteiger partial charge in [-0.2, -0.15) is 5.10 Å². The average molecular weight is 323 g/mol. The highest BCUT2D eigenvalue weighted by molar-refractivity contribution is 5.73. The van der Waals surface area contributed by atoms with Gasteiger partial charge in [-0.05, 0) is 12.0 Å². The molecule has 0 N–H and O–H groups in total. The predicted octanol–water partition coefficient (Wildman–Crippen LogP) is 2.02. The van der Waals surface area contributed by atoms with Crippen LogP contribution >= 0.6 is 0 Å². The first-order valence-electron chi connectivity index (χ1n) is 8.48. The fraction of sp³-hybridized carbons (Fsp3) is 0.389. The van der Waals surface area contributed by atoms with E-state index in [0.29, 0.717) is 18.5 Å². The summed E-state index contributed by atoms with van der Waals surface area (Å²) in [6.07, 6.45) is 2.63. The van der Waals surface area contributed by atoms with Crippen LogP contribution in [-0.2, 0) is 26.2 Å². The molecule has 1 aliphatic heterocycles. The SMILES string of the molecule is CCCn1ncc2c(=O)n3c(nc21)CN(Cc1ccccc1)CC3. The zero-order valence-electron chi connectivity index (χ0n) is 13.9. The Hall–Kier alpha value is -2.47. The van der Waals surface area contributed by atoms with Crippen LogP contribution in [0.25, 0.3) is 11.0 Å². The summed E-state index contributed by atoms with van der Waals surface area (Å²) in [6, 6.07) is 10.4. The van der Waals surface area contributed by atoms with E-state index in [1.165, 1.54) is 5.56 Å². The van der Waals surface area contributed by atoms with Crippen molar-refractivity contribution < 1.29 is 0 Å². The van der Waals surface area contributed by atoms with Gasteiger partial charge in [0, 0.05) is 26.2 Å². The molecule has 1 aliphatic rings. The molecule has 0 amide bonds. The molecule has 0 saturated carbocycles. The number of benzene rings is 1. The van der Waals surface area contributed by atoms with Crippen molar-refractivity contribution in [2.24, 2.45) is 0 Å². The van der Waals surface area contributed by atoms with E-state index in [-0.39, 0.29) is 5.56 Å². The molecule has 6 heteroatoms. The van der Waals surface area contributed by atoms with Crippen molar-refractivity contribution >= 4 is 11.0 Å². The third kappa shape index (κ3) is 2.63. The van der Waals surface area contributed by atoms with Crippen molar-refractivity contribution in [3.8, 4) is 0 Å². The Kier molecular flexibility index (Phi) is 3.90. The van der Waals surface area contributed by atoms with Gasteiger partial charge in [-0.3, -0.25) is 14.3 Å². The van der Waals surface area contributed by atoms with Gasteiger partial charge in [0.05, 0.1) is 12.7 Å². The van der Waals surface area contributed by atoms with Gasteiger partial charge in [-0.15, -0.1) is 0 Å². The summed E-state index contributed by atoms with van der Waals surface area (Å²) in [4.78, 5) is 19.8. The quantitative estimate of drug-likeness (QED) is 0.737. The maximum Gasteiger partial charge on any atom is 0.264 e. The molecule has 2 aromatic heterocycles. The number of aryl methyl sites for hydroxylation is 1. The third-order valence-corrected chi connectivity index (χ3v) is 4.52. The summed E-state index contributed by atoms with van der Waals surface area (Å²) in [5.41, 5.74) is 2.04. The molecule has 124 valence electrons. The Morgan fingerprint density at radius 3 is 2.79 bits per heavy atom. The van der Waals surface area contributed by atoms with Crippen LogP contribution in [0, 0.1) is 0 Å². The minimum Gasteiger partial charge on any atom is -0.294 e. The summed E-state index contributed by atoms with van der Waals surface area (Å²) in [5, 5.41) is 4.96. The number of aromatic nitrogens is 4. The van der Waals surface area contributed by atoms with Crippen molar-refractivity contribution in [3.05, 3.63) is 58.3 Å². The lowest BCUT2D eigenvalue weighted by Gasteiger charge is -2.29. The number of hydrogen-bond donors (Lipinski definition) is 0. The van der Waals surface area contributed by atoms with Gasteiger partial charge in [-0.25, -0.2) is 9.67 Å². The van der Waals surface area contributed by atoms with Gasteiger partial charge >= 0.3 is 0 Å². The molecule has 0 atom stereocenters. The average Bonchev–Trinajstić information content (AvgIpc) is 2.99. The van der Waals surface area contributed by atoms with Crippen LogP contribution in [0.2, 0.25) is 0 Å². The van der Waals surface area contributed by atoms with Crippen molar-refractivity contribution in [1.29, 1.82) is 0 Å². The number of hydrogen-bond acceptors (Lipinski definition) is 4. The van der Waals surface area contributed by atoms with E-state index in [1.807, 2.05) is 15.3 Å². The summed E-state index contributed by atoms with van der Waals surface area (Å²) in [6.45, 7) is 5.99. The smallest absolute Gasteiger partial charge is 0.264 e. The molecule has 6 nitrogen and oxygen atoms in total. The van der Waals surface area contributed by atoms with E-state index in [0.717, 1.165) is 37.5 Å². The van der Waals surface area contributed by atoms with Crippen molar-refractivity contribution in [1.82, 2.24) is 24.2 Å². The van der Waals surface area contributed by atoms with Crippen LogP contribution in [0.15, 0.2) is 41.3 Å². The van der Waals surface area contributed by atoms with E-state index >= 15 is 0 Å². The molecule has 0 bridgehead atoms. The fourth-order valence-corrected chi connectivity index (χ4v) is 3.32. The molecule has 24 heavy (non-hydrogen) atoms. The van der Waals surface area contributed by atoms with Gasteiger partial charge in [0.1, 0.15) is 11.2 Å². The number of nitrogens with zero attached hydrogens (tertiary/aromatic N) is 5. The highest BCUT2D eigenvalue weighted by Crippen LogP contribution is 2.15. The van der Waals surface area contributed by atoms with E-state index in [1.54, 1.807) is 6.20 Å². The van der Waals surface area contributed by atoms with Crippen LogP contribution in [0.1, 0.15) is 24.7 Å². The molecule has 1 aromatic carbocycles. The van der Waals surface area contributed by atoms with Crippen LogP contribution in [0.4, 0.5) is 0 Å². The molecule has 0 radical (unpaired) electrons. The molecule has 0 saturated heterocycles. The Labute approximate surface area is 140 Å². The molecule has 3 aromatic rings. The van der Waals surface area contributed by atoms with Gasteiger partial charge in [-0.1, -0.05) is 37.3 Å². The third-order valence-electron chi connectivity index (χ3n) is 4.52. The molecule has 0 spiro atoms. The Bertz CT molecular complexity index is 912. The highest BCUT2D eigenvalue weighted by atomic mass is 16.1. The zero-order valence-corrected chi connectivity index (χ0v) is 13.9. The molecule has 0 unspecified atom stereocenters. The van der Waals surface area contributed by atoms with Crippen molar-refractivity contribution in [3.63, 3.8) is 0 Å². The van der Waals surface area contributed by atoms with E-state index in [2.05, 4.69) is 41.2 Å². The molecule has 3 heterocycles. The minimum absolute atomic E-state index is 0.0386. The monoisotopic (exact) mass is 323 g/mol. The first-order valence-corrected chi connectivity index (χ1v) is 8.48. The van der Waals surface area contributed by atoms with Crippen LogP contribution < -0.4 is 5.56 Å². The summed E-state index contributed by atoms with van der Waals surface area (Å²) in [5.74, 6) is 0.840. The van der Waals surface area contributed by atoms with Gasteiger partial charge in [0.2, 0.25) is 0 Å². The molecular formula is C18H21N5O. The van der Waals surface area contributed by atoms with E-state index in [9.17, 15) is 4.79 Å². The fourth-order valence-electron chi connectivity index (χ4n) is 3.32. The number of rotatable bonds is 4. The second-order valence-corrected chi connectivity index (χ2v) is 6.29. The zero-order chi connectivity index (χ0) is 16.5. The standard InChI is InChI=1S/C18H21N5O/c1-2-8-23-17-15(11-19-23)18(24)22-10-9-21(13-16(22)20-17)12-14-6-4-3-5-7-14/h3-7,11H,2,8-10,12-13H2,1H3. The second-order valence-electron chi connectivity index (χ2n) is 6.29. The Morgan fingerprint density at radius 1 is 1.17 bits per heavy atom. The van der Waals surface area contributed by atoms with Crippen LogP contribution in [0.5, 0.6) is 0 Å². The summed E-state index contributed by atoms with van der Waals surface area (Å²) in [7, 11) is 0. The van der Waals surface area contributed by atoms with E-state index in [4.69, 9.17) is 4.98 Å². The molecule has 0 aliphatic carbocycles. The van der Waals surface area contributed by atoms with E-state index < -0.39 is 0 Å². The molecule has 0 fully saturated rings. The lowest BCUT2D eigenvalue weighted by Crippen LogP contribution is -2.39. The Balaban J connectivity index is 1.67. The number of fused-ring (bicyclic) bond motifs is 2. The molecule has 4 rings (SSSR count). The first-order chi connectivity index (χ1) is 11.8.